The van der Waals surface area contributed by atoms with Crippen LogP contribution in [0.1, 0.15) is 63.9 Å². The zero-order valence-corrected chi connectivity index (χ0v) is 18.1. The van der Waals surface area contributed by atoms with Gasteiger partial charge >= 0.3 is 0 Å². The van der Waals surface area contributed by atoms with Gasteiger partial charge in [-0.15, -0.1) is 5.73 Å². The van der Waals surface area contributed by atoms with E-state index in [2.05, 4.69) is 49.1 Å². The fourth-order valence-corrected chi connectivity index (χ4v) is 6.93. The molecule has 0 aromatic heterocycles. The van der Waals surface area contributed by atoms with E-state index in [1.165, 1.54) is 17.6 Å². The predicted molar refractivity (Wildman–Crippen MR) is 121 cm³/mol. The lowest BCUT2D eigenvalue weighted by atomic mass is 9.55. The third-order valence-electron chi connectivity index (χ3n) is 8.69. The van der Waals surface area contributed by atoms with Crippen LogP contribution >= 0.6 is 0 Å². The molecule has 158 valence electrons. The van der Waals surface area contributed by atoms with Crippen LogP contribution in [0.5, 0.6) is 0 Å². The molecule has 4 aliphatic carbocycles. The van der Waals surface area contributed by atoms with E-state index in [1.54, 1.807) is 11.1 Å². The van der Waals surface area contributed by atoms with Gasteiger partial charge in [-0.05, 0) is 98.5 Å². The smallest absolute Gasteiger partial charge is 0.0957 e. The molecule has 30 heavy (non-hydrogen) atoms. The second-order valence-corrected chi connectivity index (χ2v) is 10.1. The van der Waals surface area contributed by atoms with Crippen molar-refractivity contribution in [1.82, 2.24) is 0 Å². The van der Waals surface area contributed by atoms with E-state index in [4.69, 9.17) is 0 Å². The van der Waals surface area contributed by atoms with E-state index in [1.807, 2.05) is 12.1 Å². The molecular weight excluding hydrogens is 368 g/mol. The van der Waals surface area contributed by atoms with Gasteiger partial charge in [0, 0.05) is 5.41 Å². The van der Waals surface area contributed by atoms with Gasteiger partial charge in [-0.2, -0.15) is 0 Å². The summed E-state index contributed by atoms with van der Waals surface area (Å²) in [6.45, 7) is 2.33. The Hall–Kier alpha value is -1.86. The molecule has 1 aromatic rings. The normalized spacial score (nSPS) is 37.4. The fourth-order valence-electron chi connectivity index (χ4n) is 6.93. The Labute approximate surface area is 180 Å². The molecule has 2 heteroatoms. The molecule has 0 amide bonds. The molecule has 4 aliphatic rings. The molecule has 5 atom stereocenters. The van der Waals surface area contributed by atoms with Gasteiger partial charge in [-0.3, -0.25) is 0 Å². The maximum Gasteiger partial charge on any atom is 0.0957 e. The van der Waals surface area contributed by atoms with Gasteiger partial charge in [-0.1, -0.05) is 48.9 Å². The summed E-state index contributed by atoms with van der Waals surface area (Å²) in [5.74, 6) is 1.17. The van der Waals surface area contributed by atoms with E-state index < -0.39 is 5.60 Å². The van der Waals surface area contributed by atoms with Gasteiger partial charge in [-0.25, -0.2) is 0 Å². The zero-order chi connectivity index (χ0) is 20.8. The summed E-state index contributed by atoms with van der Waals surface area (Å²) in [4.78, 5) is 0. The minimum atomic E-state index is -0.750. The molecule has 0 spiro atoms. The highest BCUT2D eigenvalue weighted by atomic mass is 16.3. The van der Waals surface area contributed by atoms with E-state index in [0.29, 0.717) is 11.8 Å². The maximum atomic E-state index is 11.7. The summed E-state index contributed by atoms with van der Waals surface area (Å²) in [6.07, 6.45) is 15.1. The number of aliphatic hydroxyl groups is 2. The van der Waals surface area contributed by atoms with Crippen LogP contribution in [0.2, 0.25) is 0 Å². The summed E-state index contributed by atoms with van der Waals surface area (Å²) in [5.41, 5.74) is 8.45. The topological polar surface area (TPSA) is 40.5 Å². The van der Waals surface area contributed by atoms with Crippen molar-refractivity contribution < 1.29 is 10.2 Å². The standard InChI is InChI=1S/C28H34O2/c1-27-17-14-24-23-13-11-22(29)19-21(23)10-12-25(24)26(27)15-18-28(27,30)16-6-5-9-20-7-3-2-4-8-20/h2-5,7-8,16,19,22,25-26,29-30H,9-15,17-18H2,1H3. The first-order valence-corrected chi connectivity index (χ1v) is 11.8. The lowest BCUT2D eigenvalue weighted by Crippen LogP contribution is -2.48. The van der Waals surface area contributed by atoms with Gasteiger partial charge in [0.05, 0.1) is 11.7 Å². The van der Waals surface area contributed by atoms with Gasteiger partial charge in [0.2, 0.25) is 0 Å². The Balaban J connectivity index is 1.38. The Morgan fingerprint density at radius 1 is 1.07 bits per heavy atom. The van der Waals surface area contributed by atoms with E-state index >= 15 is 0 Å². The number of allylic oxidation sites excluding steroid dienone is 3. The first kappa shape index (κ1) is 20.1. The summed E-state index contributed by atoms with van der Waals surface area (Å²) < 4.78 is 0. The summed E-state index contributed by atoms with van der Waals surface area (Å²) >= 11 is 0. The molecule has 2 saturated carbocycles. The van der Waals surface area contributed by atoms with E-state index in [0.717, 1.165) is 51.4 Å². The Morgan fingerprint density at radius 3 is 2.73 bits per heavy atom. The number of hydrogen-bond acceptors (Lipinski definition) is 2. The molecule has 2 N–H and O–H groups in total. The van der Waals surface area contributed by atoms with Crippen LogP contribution in [0.25, 0.3) is 0 Å². The molecule has 0 radical (unpaired) electrons. The molecule has 5 rings (SSSR count). The quantitative estimate of drug-likeness (QED) is 0.640. The molecule has 5 unspecified atom stereocenters. The van der Waals surface area contributed by atoms with Crippen molar-refractivity contribution in [3.8, 4) is 0 Å². The highest BCUT2D eigenvalue weighted by molar-refractivity contribution is 5.44. The number of hydrogen-bond donors (Lipinski definition) is 2. The number of aliphatic hydroxyl groups excluding tert-OH is 1. The molecular formula is C28H34O2. The van der Waals surface area contributed by atoms with Crippen molar-refractivity contribution in [2.24, 2.45) is 17.3 Å². The third kappa shape index (κ3) is 3.26. The molecule has 2 nitrogen and oxygen atoms in total. The number of fused-ring (bicyclic) bond motifs is 4. The first-order valence-electron chi connectivity index (χ1n) is 11.8. The first-order chi connectivity index (χ1) is 14.5. The maximum absolute atomic E-state index is 11.7. The van der Waals surface area contributed by atoms with Gasteiger partial charge in [0.1, 0.15) is 0 Å². The monoisotopic (exact) mass is 402 g/mol. The molecule has 0 heterocycles. The van der Waals surface area contributed by atoms with Crippen LogP contribution in [-0.4, -0.2) is 21.9 Å². The third-order valence-corrected chi connectivity index (χ3v) is 8.69. The van der Waals surface area contributed by atoms with Gasteiger partial charge in [0.15, 0.2) is 0 Å². The van der Waals surface area contributed by atoms with Crippen LogP contribution in [0, 0.1) is 17.3 Å². The lowest BCUT2D eigenvalue weighted by molar-refractivity contribution is -0.0537. The molecule has 0 aliphatic heterocycles. The van der Waals surface area contributed by atoms with Crippen LogP contribution in [0.15, 0.2) is 71.0 Å². The van der Waals surface area contributed by atoms with Crippen LogP contribution in [0.4, 0.5) is 0 Å². The highest BCUT2D eigenvalue weighted by Crippen LogP contribution is 2.63. The van der Waals surface area contributed by atoms with Crippen molar-refractivity contribution >= 4 is 0 Å². The molecule has 2 fully saturated rings. The minimum absolute atomic E-state index is 0.0648. The average molecular weight is 403 g/mol. The Morgan fingerprint density at radius 2 is 1.90 bits per heavy atom. The SMILES string of the molecule is CC12CCC3=C4CCC(O)C=C4CCC3C1CCC2(O)C=C=CCc1ccccc1. The zero-order valence-electron chi connectivity index (χ0n) is 18.1. The van der Waals surface area contributed by atoms with Crippen LogP contribution in [0.3, 0.4) is 0 Å². The van der Waals surface area contributed by atoms with Crippen LogP contribution < -0.4 is 0 Å². The average Bonchev–Trinajstić information content (AvgIpc) is 3.03. The molecule has 1 aromatic carbocycles. The predicted octanol–water partition coefficient (Wildman–Crippen LogP) is 5.67. The highest BCUT2D eigenvalue weighted by Gasteiger charge is 2.59. The fraction of sp³-hybridized carbons (Fsp3) is 0.536. The molecule has 0 bridgehead atoms. The summed E-state index contributed by atoms with van der Waals surface area (Å²) in [7, 11) is 0. The second-order valence-electron chi connectivity index (χ2n) is 10.1. The molecule has 0 saturated heterocycles. The van der Waals surface area contributed by atoms with Crippen LogP contribution in [-0.2, 0) is 6.42 Å². The van der Waals surface area contributed by atoms with E-state index in [9.17, 15) is 10.2 Å². The van der Waals surface area contributed by atoms with Crippen molar-refractivity contribution in [2.45, 2.75) is 76.4 Å². The van der Waals surface area contributed by atoms with Crippen molar-refractivity contribution in [3.63, 3.8) is 0 Å². The lowest BCUT2D eigenvalue weighted by Gasteiger charge is -2.51. The van der Waals surface area contributed by atoms with E-state index in [-0.39, 0.29) is 11.5 Å². The number of benzene rings is 1. The summed E-state index contributed by atoms with van der Waals surface area (Å²) in [6, 6.07) is 10.4. The van der Waals surface area contributed by atoms with Crippen molar-refractivity contribution in [3.05, 3.63) is 76.6 Å². The Bertz CT molecular complexity index is 933. The van der Waals surface area contributed by atoms with Gasteiger partial charge in [0.25, 0.3) is 0 Å². The minimum Gasteiger partial charge on any atom is -0.389 e. The number of rotatable bonds is 3. The van der Waals surface area contributed by atoms with Crippen molar-refractivity contribution in [2.75, 3.05) is 0 Å². The second kappa shape index (κ2) is 7.68. The largest absolute Gasteiger partial charge is 0.389 e. The summed E-state index contributed by atoms with van der Waals surface area (Å²) in [5, 5.41) is 21.7. The van der Waals surface area contributed by atoms with Crippen molar-refractivity contribution in [1.29, 1.82) is 0 Å². The van der Waals surface area contributed by atoms with Gasteiger partial charge < -0.3 is 10.2 Å². The Kier molecular flexibility index (Phi) is 5.14.